The van der Waals surface area contributed by atoms with Crippen LogP contribution in [0.25, 0.3) is 0 Å². The van der Waals surface area contributed by atoms with E-state index in [4.69, 9.17) is 0 Å². The predicted octanol–water partition coefficient (Wildman–Crippen LogP) is 1.47. The monoisotopic (exact) mass is 420 g/mol. The van der Waals surface area contributed by atoms with E-state index in [0.717, 1.165) is 43.4 Å². The molecule has 1 amide bonds. The summed E-state index contributed by atoms with van der Waals surface area (Å²) in [5.74, 6) is -0.113. The van der Waals surface area contributed by atoms with Crippen molar-refractivity contribution in [3.8, 4) is 6.07 Å². The Morgan fingerprint density at radius 1 is 1.23 bits per heavy atom. The van der Waals surface area contributed by atoms with Crippen LogP contribution in [0.2, 0.25) is 0 Å². The first kappa shape index (κ1) is 20.0. The van der Waals surface area contributed by atoms with Crippen molar-refractivity contribution in [3.05, 3.63) is 42.2 Å². The van der Waals surface area contributed by atoms with Crippen molar-refractivity contribution in [2.75, 3.05) is 11.9 Å². The lowest BCUT2D eigenvalue weighted by molar-refractivity contribution is -0.128. The van der Waals surface area contributed by atoms with E-state index in [1.165, 1.54) is 0 Å². The molecule has 1 aliphatic carbocycles. The third-order valence-electron chi connectivity index (χ3n) is 6.78. The van der Waals surface area contributed by atoms with Crippen molar-refractivity contribution in [1.82, 2.24) is 30.7 Å². The summed E-state index contributed by atoms with van der Waals surface area (Å²) in [4.78, 5) is 12.8. The highest BCUT2D eigenvalue weighted by molar-refractivity contribution is 5.82. The molecule has 9 heteroatoms. The zero-order valence-electron chi connectivity index (χ0n) is 17.4. The zero-order chi connectivity index (χ0) is 21.2. The van der Waals surface area contributed by atoms with Crippen LogP contribution in [0.5, 0.6) is 0 Å². The molecular formula is C22H28N8O. The van der Waals surface area contributed by atoms with Gasteiger partial charge in [-0.1, -0.05) is 30.2 Å². The third kappa shape index (κ3) is 4.01. The van der Waals surface area contributed by atoms with Crippen LogP contribution in [-0.2, 0) is 11.3 Å². The molecule has 3 heterocycles. The largest absolute Gasteiger partial charge is 0.368 e. The molecule has 0 radical (unpaired) electrons. The van der Waals surface area contributed by atoms with Crippen molar-refractivity contribution in [1.29, 1.82) is 5.26 Å². The summed E-state index contributed by atoms with van der Waals surface area (Å²) < 4.78 is 1.78. The van der Waals surface area contributed by atoms with Crippen molar-refractivity contribution in [3.63, 3.8) is 0 Å². The second-order valence-electron chi connectivity index (χ2n) is 8.72. The Labute approximate surface area is 181 Å². The SMILES string of the molecule is N#C[C@H]1CCCC[C@@H]1N1NC(Nc2cccc(Cn3ccnn3)c2)C2C(=O)NCCC21. The Kier molecular flexibility index (Phi) is 5.57. The highest BCUT2D eigenvalue weighted by Crippen LogP contribution is 2.36. The Morgan fingerprint density at radius 2 is 2.13 bits per heavy atom. The van der Waals surface area contributed by atoms with Crippen LogP contribution in [0.1, 0.15) is 37.7 Å². The van der Waals surface area contributed by atoms with Gasteiger partial charge >= 0.3 is 0 Å². The summed E-state index contributed by atoms with van der Waals surface area (Å²) in [5.41, 5.74) is 5.65. The maximum absolute atomic E-state index is 12.8. The van der Waals surface area contributed by atoms with Gasteiger partial charge in [0.2, 0.25) is 5.91 Å². The first-order valence-electron chi connectivity index (χ1n) is 11.1. The number of fused-ring (bicyclic) bond motifs is 1. The van der Waals surface area contributed by atoms with E-state index in [1.807, 2.05) is 18.3 Å². The Hall–Kier alpha value is -2.96. The van der Waals surface area contributed by atoms with Crippen molar-refractivity contribution >= 4 is 11.6 Å². The average Bonchev–Trinajstić information content (AvgIpc) is 3.43. The number of nitriles is 1. The first-order valence-corrected chi connectivity index (χ1v) is 11.1. The van der Waals surface area contributed by atoms with Crippen molar-refractivity contribution in [2.24, 2.45) is 11.8 Å². The number of hydrogen-bond donors (Lipinski definition) is 3. The Morgan fingerprint density at radius 3 is 2.97 bits per heavy atom. The number of hydrogen-bond acceptors (Lipinski definition) is 7. The minimum atomic E-state index is -0.215. The number of hydrazine groups is 1. The van der Waals surface area contributed by atoms with Crippen LogP contribution in [0.3, 0.4) is 0 Å². The number of carbonyl (C=O) groups is 1. The van der Waals surface area contributed by atoms with E-state index >= 15 is 0 Å². The van der Waals surface area contributed by atoms with Crippen molar-refractivity contribution in [2.45, 2.75) is 56.9 Å². The molecule has 1 aromatic heterocycles. The number of anilines is 1. The summed E-state index contributed by atoms with van der Waals surface area (Å²) in [6, 6.07) is 10.9. The van der Waals surface area contributed by atoms with Gasteiger partial charge in [0.15, 0.2) is 0 Å². The molecule has 0 spiro atoms. The lowest BCUT2D eigenvalue weighted by atomic mass is 9.83. The number of amides is 1. The molecule has 2 saturated heterocycles. The van der Waals surface area contributed by atoms with Gasteiger partial charge in [-0.2, -0.15) is 5.26 Å². The van der Waals surface area contributed by atoms with Gasteiger partial charge in [0.1, 0.15) is 6.17 Å². The molecule has 5 rings (SSSR count). The summed E-state index contributed by atoms with van der Waals surface area (Å²) in [6.07, 6.45) is 8.35. The zero-order valence-corrected chi connectivity index (χ0v) is 17.4. The van der Waals surface area contributed by atoms with Gasteiger partial charge in [-0.05, 0) is 37.0 Å². The Balaban J connectivity index is 1.36. The van der Waals surface area contributed by atoms with Crippen LogP contribution < -0.4 is 16.1 Å². The van der Waals surface area contributed by atoms with Crippen LogP contribution in [0.15, 0.2) is 36.7 Å². The highest BCUT2D eigenvalue weighted by Gasteiger charge is 2.51. The summed E-state index contributed by atoms with van der Waals surface area (Å²) in [6.45, 7) is 1.32. The van der Waals surface area contributed by atoms with Gasteiger partial charge in [-0.15, -0.1) is 5.10 Å². The topological polar surface area (TPSA) is 111 Å². The van der Waals surface area contributed by atoms with Gasteiger partial charge in [0.25, 0.3) is 0 Å². The molecule has 3 unspecified atom stereocenters. The van der Waals surface area contributed by atoms with Gasteiger partial charge < -0.3 is 10.6 Å². The lowest BCUT2D eigenvalue weighted by Gasteiger charge is -2.39. The number of benzene rings is 1. The number of aromatic nitrogens is 3. The molecule has 2 aliphatic heterocycles. The third-order valence-corrected chi connectivity index (χ3v) is 6.78. The number of piperidine rings is 1. The van der Waals surface area contributed by atoms with E-state index in [1.54, 1.807) is 10.9 Å². The van der Waals surface area contributed by atoms with Gasteiger partial charge in [0, 0.05) is 30.5 Å². The molecule has 0 bridgehead atoms. The molecule has 31 heavy (non-hydrogen) atoms. The predicted molar refractivity (Wildman–Crippen MR) is 114 cm³/mol. The standard InChI is InChI=1S/C22H28N8O/c23-13-16-5-1-2-7-18(16)30-19-8-9-24-22(31)20(19)21(27-30)26-17-6-3-4-15(12-17)14-29-11-10-25-28-29/h3-4,6,10-12,16,18-21,26-27H,1-2,5,7-9,14H2,(H,24,31)/t16-,18+,19?,20?,21?/m1/s1. The number of nitrogens with one attached hydrogen (secondary N) is 3. The molecule has 9 nitrogen and oxygen atoms in total. The molecule has 2 aromatic rings. The highest BCUT2D eigenvalue weighted by atomic mass is 16.2. The smallest absolute Gasteiger partial charge is 0.228 e. The van der Waals surface area contributed by atoms with Crippen LogP contribution >= 0.6 is 0 Å². The second-order valence-corrected chi connectivity index (χ2v) is 8.72. The number of carbonyl (C=O) groups excluding carboxylic acids is 1. The van der Waals surface area contributed by atoms with E-state index in [9.17, 15) is 10.1 Å². The summed E-state index contributed by atoms with van der Waals surface area (Å²) >= 11 is 0. The minimum Gasteiger partial charge on any atom is -0.368 e. The molecule has 1 aromatic carbocycles. The minimum absolute atomic E-state index is 0.0108. The van der Waals surface area contributed by atoms with Gasteiger partial charge in [0.05, 0.1) is 30.6 Å². The van der Waals surface area contributed by atoms with Crippen LogP contribution in [0, 0.1) is 23.2 Å². The quantitative estimate of drug-likeness (QED) is 0.672. The van der Waals surface area contributed by atoms with E-state index in [2.05, 4.69) is 49.6 Å². The normalized spacial score (nSPS) is 30.9. The van der Waals surface area contributed by atoms with Gasteiger partial charge in [-0.25, -0.2) is 15.1 Å². The second kappa shape index (κ2) is 8.65. The maximum atomic E-state index is 12.8. The average molecular weight is 421 g/mol. The molecule has 162 valence electrons. The maximum Gasteiger partial charge on any atom is 0.228 e. The van der Waals surface area contributed by atoms with Crippen molar-refractivity contribution < 1.29 is 4.79 Å². The van der Waals surface area contributed by atoms with Crippen LogP contribution in [-0.4, -0.2) is 50.7 Å². The summed E-state index contributed by atoms with van der Waals surface area (Å²) in [7, 11) is 0. The fourth-order valence-corrected chi connectivity index (χ4v) is 5.34. The number of nitrogens with zero attached hydrogens (tertiary/aromatic N) is 5. The molecule has 3 fully saturated rings. The lowest BCUT2D eigenvalue weighted by Crippen LogP contribution is -2.54. The van der Waals surface area contributed by atoms with Gasteiger partial charge in [-0.3, -0.25) is 4.79 Å². The fraction of sp³-hybridized carbons (Fsp3) is 0.545. The number of rotatable bonds is 5. The van der Waals surface area contributed by atoms with E-state index in [0.29, 0.717) is 13.1 Å². The first-order chi connectivity index (χ1) is 15.2. The molecule has 1 saturated carbocycles. The van der Waals surface area contributed by atoms with Crippen LogP contribution in [0.4, 0.5) is 5.69 Å². The van der Waals surface area contributed by atoms with E-state index < -0.39 is 0 Å². The Bertz CT molecular complexity index is 955. The fourth-order valence-electron chi connectivity index (χ4n) is 5.34. The van der Waals surface area contributed by atoms with E-state index in [-0.39, 0.29) is 36.0 Å². The molecule has 3 N–H and O–H groups in total. The molecule has 3 aliphatic rings. The molecular weight excluding hydrogens is 392 g/mol. The summed E-state index contributed by atoms with van der Waals surface area (Å²) in [5, 5.41) is 26.4. The molecule has 5 atom stereocenters.